The third-order valence-electron chi connectivity index (χ3n) is 2.06. The Bertz CT molecular complexity index is 371. The Morgan fingerprint density at radius 2 is 2.27 bits per heavy atom. The van der Waals surface area contributed by atoms with Crippen molar-refractivity contribution in [2.75, 3.05) is 12.3 Å². The van der Waals surface area contributed by atoms with Gasteiger partial charge in [-0.2, -0.15) is 0 Å². The summed E-state index contributed by atoms with van der Waals surface area (Å²) in [6.45, 7) is 4.60. The Morgan fingerprint density at radius 1 is 1.53 bits per heavy atom. The highest BCUT2D eigenvalue weighted by Crippen LogP contribution is 2.04. The first-order valence-electron chi connectivity index (χ1n) is 4.82. The Labute approximate surface area is 94.7 Å². The summed E-state index contributed by atoms with van der Waals surface area (Å²) in [5.41, 5.74) is 1.77. The largest absolute Gasteiger partial charge is 0.311 e. The minimum atomic E-state index is -2.91. The average molecular weight is 248 g/mol. The standard InChI is InChI=1S/C9H16N2O2S2/c1-8(2)15(12,13)4-3-10-5-9-6-11-7-14-9/h6-8,10H,3-5H2,1-2H3. The van der Waals surface area contributed by atoms with Gasteiger partial charge in [0, 0.05) is 24.2 Å². The number of rotatable bonds is 6. The van der Waals surface area contributed by atoms with Crippen LogP contribution in [-0.2, 0) is 16.4 Å². The SMILES string of the molecule is CC(C)S(=O)(=O)CCNCc1cncs1. The highest BCUT2D eigenvalue weighted by molar-refractivity contribution is 7.92. The average Bonchev–Trinajstić information content (AvgIpc) is 2.64. The monoisotopic (exact) mass is 248 g/mol. The number of hydrogen-bond acceptors (Lipinski definition) is 5. The lowest BCUT2D eigenvalue weighted by Crippen LogP contribution is -2.26. The molecule has 1 aromatic heterocycles. The van der Waals surface area contributed by atoms with Crippen LogP contribution in [0.4, 0.5) is 0 Å². The summed E-state index contributed by atoms with van der Waals surface area (Å²) in [4.78, 5) is 5.06. The van der Waals surface area contributed by atoms with Crippen molar-refractivity contribution in [2.24, 2.45) is 0 Å². The second-order valence-corrected chi connectivity index (χ2v) is 7.21. The molecule has 0 aliphatic carbocycles. The molecule has 0 aromatic carbocycles. The molecule has 0 unspecified atom stereocenters. The maximum atomic E-state index is 11.4. The summed E-state index contributed by atoms with van der Waals surface area (Å²) in [6.07, 6.45) is 1.79. The van der Waals surface area contributed by atoms with Crippen LogP contribution in [-0.4, -0.2) is 30.9 Å². The molecule has 0 spiro atoms. The van der Waals surface area contributed by atoms with E-state index in [1.165, 1.54) is 0 Å². The first-order chi connectivity index (χ1) is 7.02. The van der Waals surface area contributed by atoms with Crippen LogP contribution < -0.4 is 5.32 Å². The summed E-state index contributed by atoms with van der Waals surface area (Å²) in [5.74, 6) is 0.198. The lowest BCUT2D eigenvalue weighted by Gasteiger charge is -2.07. The molecule has 4 nitrogen and oxygen atoms in total. The van der Waals surface area contributed by atoms with Gasteiger partial charge in [-0.25, -0.2) is 8.42 Å². The zero-order valence-electron chi connectivity index (χ0n) is 8.93. The van der Waals surface area contributed by atoms with Crippen LogP contribution >= 0.6 is 11.3 Å². The topological polar surface area (TPSA) is 59.1 Å². The van der Waals surface area contributed by atoms with E-state index in [4.69, 9.17) is 0 Å². The van der Waals surface area contributed by atoms with E-state index in [2.05, 4.69) is 10.3 Å². The first kappa shape index (κ1) is 12.6. The lowest BCUT2D eigenvalue weighted by molar-refractivity contribution is 0.582. The molecular weight excluding hydrogens is 232 g/mol. The molecule has 1 heterocycles. The predicted molar refractivity (Wildman–Crippen MR) is 62.7 cm³/mol. The summed E-state index contributed by atoms with van der Waals surface area (Å²) < 4.78 is 22.9. The summed E-state index contributed by atoms with van der Waals surface area (Å²) >= 11 is 1.56. The van der Waals surface area contributed by atoms with Crippen molar-refractivity contribution in [2.45, 2.75) is 25.6 Å². The Hall–Kier alpha value is -0.460. The molecule has 0 atom stereocenters. The van der Waals surface area contributed by atoms with Crippen molar-refractivity contribution in [3.63, 3.8) is 0 Å². The summed E-state index contributed by atoms with van der Waals surface area (Å²) in [5, 5.41) is 2.80. The van der Waals surface area contributed by atoms with Crippen molar-refractivity contribution >= 4 is 21.2 Å². The van der Waals surface area contributed by atoms with E-state index in [-0.39, 0.29) is 11.0 Å². The molecule has 86 valence electrons. The van der Waals surface area contributed by atoms with Crippen molar-refractivity contribution in [3.8, 4) is 0 Å². The predicted octanol–water partition coefficient (Wildman–Crippen LogP) is 1.06. The van der Waals surface area contributed by atoms with Gasteiger partial charge in [0.2, 0.25) is 0 Å². The van der Waals surface area contributed by atoms with Crippen LogP contribution in [0, 0.1) is 0 Å². The van der Waals surface area contributed by atoms with Crippen LogP contribution in [0.5, 0.6) is 0 Å². The Kier molecular flexibility index (Phi) is 4.69. The van der Waals surface area contributed by atoms with E-state index in [9.17, 15) is 8.42 Å². The molecule has 0 aliphatic heterocycles. The number of sulfone groups is 1. The second-order valence-electron chi connectivity index (χ2n) is 3.56. The number of hydrogen-bond donors (Lipinski definition) is 1. The molecule has 15 heavy (non-hydrogen) atoms. The van der Waals surface area contributed by atoms with Crippen LogP contribution in [0.2, 0.25) is 0 Å². The van der Waals surface area contributed by atoms with E-state index in [0.717, 1.165) is 4.88 Å². The fourth-order valence-electron chi connectivity index (χ4n) is 0.991. The molecule has 0 amide bonds. The number of nitrogens with one attached hydrogen (secondary N) is 1. The Morgan fingerprint density at radius 3 is 2.80 bits per heavy atom. The van der Waals surface area contributed by atoms with Gasteiger partial charge < -0.3 is 5.32 Å². The van der Waals surface area contributed by atoms with Gasteiger partial charge >= 0.3 is 0 Å². The highest BCUT2D eigenvalue weighted by Gasteiger charge is 2.14. The van der Waals surface area contributed by atoms with E-state index >= 15 is 0 Å². The molecule has 1 N–H and O–H groups in total. The van der Waals surface area contributed by atoms with Gasteiger partial charge in [-0.05, 0) is 13.8 Å². The Balaban J connectivity index is 2.23. The summed E-state index contributed by atoms with van der Waals surface area (Å²) in [6, 6.07) is 0. The van der Waals surface area contributed by atoms with Crippen molar-refractivity contribution < 1.29 is 8.42 Å². The van der Waals surface area contributed by atoms with Crippen LogP contribution in [0.1, 0.15) is 18.7 Å². The number of thiazole rings is 1. The van der Waals surface area contributed by atoms with Crippen molar-refractivity contribution in [1.29, 1.82) is 0 Å². The maximum Gasteiger partial charge on any atom is 0.153 e. The summed E-state index contributed by atoms with van der Waals surface area (Å²) in [7, 11) is -2.91. The second kappa shape index (κ2) is 5.58. The number of aromatic nitrogens is 1. The zero-order chi connectivity index (χ0) is 11.3. The molecule has 0 radical (unpaired) electrons. The van der Waals surface area contributed by atoms with Gasteiger partial charge in [0.15, 0.2) is 9.84 Å². The molecule has 1 aromatic rings. The third kappa shape index (κ3) is 4.27. The van der Waals surface area contributed by atoms with E-state index in [0.29, 0.717) is 13.1 Å². The molecule has 6 heteroatoms. The van der Waals surface area contributed by atoms with Gasteiger partial charge in [-0.3, -0.25) is 4.98 Å². The highest BCUT2D eigenvalue weighted by atomic mass is 32.2. The quantitative estimate of drug-likeness (QED) is 0.765. The van der Waals surface area contributed by atoms with Gasteiger partial charge in [0.25, 0.3) is 0 Å². The fraction of sp³-hybridized carbons (Fsp3) is 0.667. The van der Waals surface area contributed by atoms with Crippen LogP contribution in [0.15, 0.2) is 11.7 Å². The van der Waals surface area contributed by atoms with Gasteiger partial charge in [0.1, 0.15) is 0 Å². The lowest BCUT2D eigenvalue weighted by atomic mass is 10.5. The molecule has 0 fully saturated rings. The van der Waals surface area contributed by atoms with E-state index in [1.807, 2.05) is 0 Å². The first-order valence-corrected chi connectivity index (χ1v) is 7.41. The van der Waals surface area contributed by atoms with E-state index in [1.54, 1.807) is 36.9 Å². The fourth-order valence-corrected chi connectivity index (χ4v) is 2.46. The van der Waals surface area contributed by atoms with Crippen molar-refractivity contribution in [1.82, 2.24) is 10.3 Å². The van der Waals surface area contributed by atoms with Crippen LogP contribution in [0.25, 0.3) is 0 Å². The molecule has 0 aliphatic rings. The molecule has 1 rings (SSSR count). The molecule has 0 saturated carbocycles. The van der Waals surface area contributed by atoms with Gasteiger partial charge in [-0.1, -0.05) is 0 Å². The zero-order valence-corrected chi connectivity index (χ0v) is 10.6. The minimum Gasteiger partial charge on any atom is -0.311 e. The van der Waals surface area contributed by atoms with Crippen LogP contribution in [0.3, 0.4) is 0 Å². The third-order valence-corrected chi connectivity index (χ3v) is 5.05. The minimum absolute atomic E-state index is 0.198. The van der Waals surface area contributed by atoms with Crippen molar-refractivity contribution in [3.05, 3.63) is 16.6 Å². The van der Waals surface area contributed by atoms with Gasteiger partial charge in [0.05, 0.1) is 16.5 Å². The molecule has 0 saturated heterocycles. The number of nitrogens with zero attached hydrogens (tertiary/aromatic N) is 1. The molecule has 0 bridgehead atoms. The smallest absolute Gasteiger partial charge is 0.153 e. The van der Waals surface area contributed by atoms with Gasteiger partial charge in [-0.15, -0.1) is 11.3 Å². The normalized spacial score (nSPS) is 12.2. The maximum absolute atomic E-state index is 11.4. The van der Waals surface area contributed by atoms with E-state index < -0.39 is 9.84 Å². The molecular formula is C9H16N2O2S2.